The molecule has 6 aromatic rings. The maximum atomic E-state index is 13.8. The number of hydrogen-bond acceptors (Lipinski definition) is 12. The molecule has 6 rings (SSSR count). The van der Waals surface area contributed by atoms with Gasteiger partial charge >= 0.3 is 0 Å². The summed E-state index contributed by atoms with van der Waals surface area (Å²) in [7, 11) is -4.10. The third kappa shape index (κ3) is 7.33. The van der Waals surface area contributed by atoms with E-state index in [1.165, 1.54) is 80.7 Å². The topological polar surface area (TPSA) is 159 Å². The van der Waals surface area contributed by atoms with E-state index >= 15 is 0 Å². The van der Waals surface area contributed by atoms with E-state index in [4.69, 9.17) is 25.8 Å². The van der Waals surface area contributed by atoms with Crippen LogP contribution in [0.5, 0.6) is 17.2 Å². The van der Waals surface area contributed by atoms with Gasteiger partial charge in [-0.25, -0.2) is 21.8 Å². The minimum Gasteiger partial charge on any atom is -0.497 e. The highest BCUT2D eigenvalue weighted by Crippen LogP contribution is 2.44. The van der Waals surface area contributed by atoms with E-state index in [0.29, 0.717) is 32.1 Å². The highest BCUT2D eigenvalue weighted by Gasteiger charge is 2.26. The minimum atomic E-state index is -4.20. The van der Waals surface area contributed by atoms with Gasteiger partial charge in [0, 0.05) is 56.6 Å². The molecule has 0 atom stereocenters. The van der Waals surface area contributed by atoms with E-state index in [-0.39, 0.29) is 43.4 Å². The number of pyridine rings is 2. The summed E-state index contributed by atoms with van der Waals surface area (Å²) in [4.78, 5) is 13.1. The molecular weight excluding hydrogens is 730 g/mol. The Bertz CT molecular complexity index is 2370. The number of rotatable bonds is 12. The standard InChI is InChI=1S/C32H26ClN5O7S4/c1-43-25-12-26(31(45-3)30(13-25)49(41,42)38-24-9-20(15-35-17-24)32-36-6-7-46-32)28-10-21(18-47-28)19-8-23(16-34-14-19)37-48(39,40)29-11-22(33)4-5-27(29)44-2/h4-18,37-38H,1-3H3. The molecule has 0 aliphatic heterocycles. The molecule has 0 bridgehead atoms. The zero-order valence-corrected chi connectivity index (χ0v) is 29.9. The van der Waals surface area contributed by atoms with E-state index in [1.54, 1.807) is 36.8 Å². The second kappa shape index (κ2) is 14.0. The Kier molecular flexibility index (Phi) is 9.76. The van der Waals surface area contributed by atoms with Crippen LogP contribution in [0.15, 0.2) is 100 Å². The van der Waals surface area contributed by atoms with Crippen LogP contribution in [0.3, 0.4) is 0 Å². The van der Waals surface area contributed by atoms with Crippen LogP contribution in [-0.2, 0) is 20.0 Å². The van der Waals surface area contributed by atoms with E-state index in [2.05, 4.69) is 24.4 Å². The molecule has 12 nitrogen and oxygen atoms in total. The van der Waals surface area contributed by atoms with Gasteiger partial charge in [-0.15, -0.1) is 22.7 Å². The Balaban J connectivity index is 1.32. The van der Waals surface area contributed by atoms with Gasteiger partial charge in [-0.1, -0.05) is 11.6 Å². The Morgan fingerprint density at radius 1 is 0.714 bits per heavy atom. The van der Waals surface area contributed by atoms with Crippen molar-refractivity contribution in [1.29, 1.82) is 0 Å². The van der Waals surface area contributed by atoms with Crippen molar-refractivity contribution in [3.63, 3.8) is 0 Å². The molecule has 0 spiro atoms. The zero-order chi connectivity index (χ0) is 34.8. The van der Waals surface area contributed by atoms with Crippen molar-refractivity contribution in [2.75, 3.05) is 30.8 Å². The summed E-state index contributed by atoms with van der Waals surface area (Å²) in [5.74, 6) is 0.518. The summed E-state index contributed by atoms with van der Waals surface area (Å²) in [6.45, 7) is 0. The average molecular weight is 756 g/mol. The number of nitrogens with one attached hydrogen (secondary N) is 2. The molecule has 4 heterocycles. The number of thiazole rings is 1. The van der Waals surface area contributed by atoms with Gasteiger partial charge < -0.3 is 14.2 Å². The largest absolute Gasteiger partial charge is 0.497 e. The SMILES string of the molecule is COc1cc(-c2cc(-c3cncc(NS(=O)(=O)c4cc(Cl)ccc4OC)c3)cs2)c(OC)c(S(=O)(=O)Nc2cncc(-c3nccs3)c2)c1. The number of hydrogen-bond donors (Lipinski definition) is 2. The van der Waals surface area contributed by atoms with Gasteiger partial charge in [0.15, 0.2) is 0 Å². The quantitative estimate of drug-likeness (QED) is 0.130. The molecule has 0 amide bonds. The lowest BCUT2D eigenvalue weighted by atomic mass is 10.1. The fourth-order valence-electron chi connectivity index (χ4n) is 4.83. The maximum absolute atomic E-state index is 13.8. The van der Waals surface area contributed by atoms with E-state index in [1.807, 2.05) is 16.8 Å². The number of sulfonamides is 2. The van der Waals surface area contributed by atoms with Crippen molar-refractivity contribution < 1.29 is 31.0 Å². The summed E-state index contributed by atoms with van der Waals surface area (Å²) in [5.41, 5.74) is 2.88. The number of aromatic nitrogens is 3. The number of halogens is 1. The summed E-state index contributed by atoms with van der Waals surface area (Å²) < 4.78 is 75.6. The lowest BCUT2D eigenvalue weighted by molar-refractivity contribution is 0.394. The minimum absolute atomic E-state index is 0.0980. The van der Waals surface area contributed by atoms with Gasteiger partial charge in [-0.05, 0) is 53.4 Å². The van der Waals surface area contributed by atoms with Gasteiger partial charge in [-0.3, -0.25) is 19.4 Å². The lowest BCUT2D eigenvalue weighted by Gasteiger charge is -2.16. The first-order valence-corrected chi connectivity index (χ1v) is 19.2. The molecule has 17 heteroatoms. The summed E-state index contributed by atoms with van der Waals surface area (Å²) in [5, 5.41) is 4.59. The van der Waals surface area contributed by atoms with Crippen LogP contribution < -0.4 is 23.7 Å². The first-order valence-electron chi connectivity index (χ1n) is 14.1. The molecule has 0 unspecified atom stereocenters. The van der Waals surface area contributed by atoms with Crippen LogP contribution in [0.4, 0.5) is 11.4 Å². The maximum Gasteiger partial charge on any atom is 0.265 e. The molecule has 0 aliphatic rings. The smallest absolute Gasteiger partial charge is 0.265 e. The summed E-state index contributed by atoms with van der Waals surface area (Å²) in [6.07, 6.45) is 7.63. The highest BCUT2D eigenvalue weighted by molar-refractivity contribution is 7.93. The molecule has 0 saturated heterocycles. The van der Waals surface area contributed by atoms with Crippen molar-refractivity contribution in [2.45, 2.75) is 9.79 Å². The zero-order valence-electron chi connectivity index (χ0n) is 25.9. The number of benzene rings is 2. The van der Waals surface area contributed by atoms with E-state index in [0.717, 1.165) is 0 Å². The third-order valence-electron chi connectivity index (χ3n) is 7.03. The molecule has 252 valence electrons. The van der Waals surface area contributed by atoms with Crippen LogP contribution in [-0.4, -0.2) is 53.1 Å². The molecule has 0 radical (unpaired) electrons. The van der Waals surface area contributed by atoms with Gasteiger partial charge in [0.05, 0.1) is 45.1 Å². The Labute approximate surface area is 295 Å². The van der Waals surface area contributed by atoms with Crippen LogP contribution in [0.2, 0.25) is 5.02 Å². The number of ether oxygens (including phenoxy) is 3. The van der Waals surface area contributed by atoms with E-state index < -0.39 is 20.0 Å². The fraction of sp³-hybridized carbons (Fsp3) is 0.0938. The van der Waals surface area contributed by atoms with Crippen LogP contribution >= 0.6 is 34.3 Å². The molecule has 0 aliphatic carbocycles. The van der Waals surface area contributed by atoms with Gasteiger partial charge in [0.2, 0.25) is 0 Å². The lowest BCUT2D eigenvalue weighted by Crippen LogP contribution is -2.15. The first kappa shape index (κ1) is 34.1. The first-order chi connectivity index (χ1) is 23.5. The molecule has 4 aromatic heterocycles. The Hall–Kier alpha value is -4.74. The predicted molar refractivity (Wildman–Crippen MR) is 191 cm³/mol. The normalized spacial score (nSPS) is 11.6. The molecule has 0 fully saturated rings. The van der Waals surface area contributed by atoms with Crippen molar-refractivity contribution >= 4 is 65.7 Å². The number of nitrogens with zero attached hydrogens (tertiary/aromatic N) is 3. The van der Waals surface area contributed by atoms with Gasteiger partial charge in [0.1, 0.15) is 32.0 Å². The monoisotopic (exact) mass is 755 g/mol. The van der Waals surface area contributed by atoms with Crippen molar-refractivity contribution in [1.82, 2.24) is 15.0 Å². The van der Waals surface area contributed by atoms with Crippen LogP contribution in [0.25, 0.3) is 32.1 Å². The Morgan fingerprint density at radius 2 is 1.41 bits per heavy atom. The third-order valence-corrected chi connectivity index (χ3v) is 11.8. The van der Waals surface area contributed by atoms with Crippen LogP contribution in [0, 0.1) is 0 Å². The molecule has 2 aromatic carbocycles. The van der Waals surface area contributed by atoms with Gasteiger partial charge in [0.25, 0.3) is 20.0 Å². The summed E-state index contributed by atoms with van der Waals surface area (Å²) in [6, 6.07) is 12.5. The highest BCUT2D eigenvalue weighted by atomic mass is 35.5. The number of methoxy groups -OCH3 is 3. The van der Waals surface area contributed by atoms with Crippen molar-refractivity contribution in [2.24, 2.45) is 0 Å². The Morgan fingerprint density at radius 3 is 2.06 bits per heavy atom. The molecule has 49 heavy (non-hydrogen) atoms. The van der Waals surface area contributed by atoms with Crippen molar-refractivity contribution in [3.8, 4) is 49.4 Å². The van der Waals surface area contributed by atoms with Crippen molar-refractivity contribution in [3.05, 3.63) is 95.3 Å². The second-order valence-electron chi connectivity index (χ2n) is 10.2. The predicted octanol–water partition coefficient (Wildman–Crippen LogP) is 7.28. The number of anilines is 2. The second-order valence-corrected chi connectivity index (χ2v) is 15.7. The number of thiophene rings is 1. The molecular formula is C32H26ClN5O7S4. The average Bonchev–Trinajstić information content (AvgIpc) is 3.81. The van der Waals surface area contributed by atoms with Crippen LogP contribution in [0.1, 0.15) is 0 Å². The van der Waals surface area contributed by atoms with E-state index in [9.17, 15) is 16.8 Å². The van der Waals surface area contributed by atoms with Gasteiger partial charge in [-0.2, -0.15) is 0 Å². The fourth-order valence-corrected chi connectivity index (χ4v) is 9.09. The molecule has 0 saturated carbocycles. The summed E-state index contributed by atoms with van der Waals surface area (Å²) >= 11 is 8.79. The molecule has 2 N–H and O–H groups in total.